The van der Waals surface area contributed by atoms with E-state index in [-0.39, 0.29) is 0 Å². The van der Waals surface area contributed by atoms with Gasteiger partial charge in [-0.2, -0.15) is 0 Å². The number of hydrogen-bond acceptors (Lipinski definition) is 3. The van der Waals surface area contributed by atoms with Crippen LogP contribution in [0.5, 0.6) is 0 Å². The molecule has 3 nitrogen and oxygen atoms in total. The molecule has 0 spiro atoms. The SMILES string of the molecule is CC(CCC(CCC(C)C1CCCOC1)C1CCOCC1)CC1COC1. The third kappa shape index (κ3) is 6.49. The van der Waals surface area contributed by atoms with Crippen molar-refractivity contribution < 1.29 is 14.2 Å². The van der Waals surface area contributed by atoms with Crippen LogP contribution in [0.4, 0.5) is 0 Å². The zero-order valence-corrected chi connectivity index (χ0v) is 17.3. The molecule has 4 unspecified atom stereocenters. The Morgan fingerprint density at radius 1 is 0.731 bits per heavy atom. The fraction of sp³-hybridized carbons (Fsp3) is 1.00. The van der Waals surface area contributed by atoms with E-state index in [4.69, 9.17) is 14.2 Å². The minimum absolute atomic E-state index is 0.802. The van der Waals surface area contributed by atoms with Crippen molar-refractivity contribution in [2.45, 2.75) is 71.6 Å². The lowest BCUT2D eigenvalue weighted by molar-refractivity contribution is -0.0425. The molecule has 3 saturated heterocycles. The Morgan fingerprint density at radius 2 is 1.50 bits per heavy atom. The predicted octanol–water partition coefficient (Wildman–Crippen LogP) is 5.32. The van der Waals surface area contributed by atoms with E-state index < -0.39 is 0 Å². The van der Waals surface area contributed by atoms with Crippen molar-refractivity contribution in [1.29, 1.82) is 0 Å². The molecule has 3 aliphatic heterocycles. The Bertz CT molecular complexity index is 370. The maximum absolute atomic E-state index is 5.73. The Hall–Kier alpha value is -0.120. The Labute approximate surface area is 161 Å². The van der Waals surface area contributed by atoms with Gasteiger partial charge in [-0.25, -0.2) is 0 Å². The molecule has 0 bridgehead atoms. The minimum Gasteiger partial charge on any atom is -0.381 e. The smallest absolute Gasteiger partial charge is 0.0516 e. The van der Waals surface area contributed by atoms with Gasteiger partial charge >= 0.3 is 0 Å². The molecule has 0 N–H and O–H groups in total. The maximum Gasteiger partial charge on any atom is 0.0516 e. The highest BCUT2D eigenvalue weighted by Gasteiger charge is 2.28. The molecule has 0 aromatic rings. The first-order valence-electron chi connectivity index (χ1n) is 11.5. The molecule has 0 saturated carbocycles. The molecule has 3 fully saturated rings. The van der Waals surface area contributed by atoms with E-state index in [9.17, 15) is 0 Å². The van der Waals surface area contributed by atoms with E-state index >= 15 is 0 Å². The van der Waals surface area contributed by atoms with Gasteiger partial charge in [0.05, 0.1) is 13.2 Å². The largest absolute Gasteiger partial charge is 0.381 e. The van der Waals surface area contributed by atoms with E-state index in [0.29, 0.717) is 0 Å². The van der Waals surface area contributed by atoms with E-state index in [1.54, 1.807) is 0 Å². The Balaban J connectivity index is 1.44. The zero-order valence-electron chi connectivity index (χ0n) is 17.3. The van der Waals surface area contributed by atoms with Crippen molar-refractivity contribution in [1.82, 2.24) is 0 Å². The molecule has 0 radical (unpaired) electrons. The van der Waals surface area contributed by atoms with Crippen molar-refractivity contribution >= 4 is 0 Å². The second-order valence-corrected chi connectivity index (χ2v) is 9.56. The van der Waals surface area contributed by atoms with Crippen LogP contribution in [-0.2, 0) is 14.2 Å². The van der Waals surface area contributed by atoms with Gasteiger partial charge in [0, 0.05) is 32.3 Å². The quantitative estimate of drug-likeness (QED) is 0.523. The van der Waals surface area contributed by atoms with Crippen molar-refractivity contribution in [3.8, 4) is 0 Å². The van der Waals surface area contributed by atoms with E-state index in [1.165, 1.54) is 57.8 Å². The lowest BCUT2D eigenvalue weighted by Crippen LogP contribution is -2.29. The summed E-state index contributed by atoms with van der Waals surface area (Å²) in [6.07, 6.45) is 12.2. The third-order valence-electron chi connectivity index (χ3n) is 7.40. The molecule has 0 aromatic carbocycles. The standard InChI is InChI=1S/C23H42O3/c1-18(14-20-15-26-16-20)5-7-21(22-9-12-24-13-10-22)8-6-19(2)23-4-3-11-25-17-23/h18-23H,3-17H2,1-2H3. The number of rotatable bonds is 10. The molecule has 3 heterocycles. The summed E-state index contributed by atoms with van der Waals surface area (Å²) in [5.74, 6) is 5.14. The summed E-state index contributed by atoms with van der Waals surface area (Å²) in [6, 6.07) is 0. The monoisotopic (exact) mass is 366 g/mol. The molecule has 0 amide bonds. The first-order chi connectivity index (χ1) is 12.7. The molecular formula is C23H42O3. The highest BCUT2D eigenvalue weighted by Crippen LogP contribution is 2.36. The summed E-state index contributed by atoms with van der Waals surface area (Å²) in [5.41, 5.74) is 0. The topological polar surface area (TPSA) is 27.7 Å². The van der Waals surface area contributed by atoms with Crippen LogP contribution in [0.2, 0.25) is 0 Å². The normalized spacial score (nSPS) is 29.1. The molecule has 3 rings (SSSR count). The first-order valence-corrected chi connectivity index (χ1v) is 11.5. The second kappa shape index (κ2) is 11.0. The molecule has 3 aliphatic rings. The van der Waals surface area contributed by atoms with Gasteiger partial charge in [-0.1, -0.05) is 26.7 Å². The van der Waals surface area contributed by atoms with Gasteiger partial charge in [0.2, 0.25) is 0 Å². The van der Waals surface area contributed by atoms with Crippen LogP contribution in [0.1, 0.15) is 71.6 Å². The Kier molecular flexibility index (Phi) is 8.74. The van der Waals surface area contributed by atoms with Crippen molar-refractivity contribution in [3.05, 3.63) is 0 Å². The van der Waals surface area contributed by atoms with Crippen LogP contribution in [0.15, 0.2) is 0 Å². The fourth-order valence-corrected chi connectivity index (χ4v) is 5.34. The summed E-state index contributed by atoms with van der Waals surface area (Å²) in [7, 11) is 0. The number of ether oxygens (including phenoxy) is 3. The average Bonchev–Trinajstić information content (AvgIpc) is 2.66. The predicted molar refractivity (Wildman–Crippen MR) is 106 cm³/mol. The van der Waals surface area contributed by atoms with Crippen LogP contribution in [0, 0.1) is 35.5 Å². The maximum atomic E-state index is 5.73. The molecular weight excluding hydrogens is 324 g/mol. The van der Waals surface area contributed by atoms with E-state index in [2.05, 4.69) is 13.8 Å². The molecule has 4 atom stereocenters. The average molecular weight is 367 g/mol. The second-order valence-electron chi connectivity index (χ2n) is 9.56. The van der Waals surface area contributed by atoms with Crippen LogP contribution in [0.25, 0.3) is 0 Å². The minimum atomic E-state index is 0.802. The molecule has 3 heteroatoms. The first kappa shape index (κ1) is 20.6. The summed E-state index contributed by atoms with van der Waals surface area (Å²) in [4.78, 5) is 0. The van der Waals surface area contributed by atoms with Crippen LogP contribution in [-0.4, -0.2) is 39.6 Å². The molecule has 152 valence electrons. The summed E-state index contributed by atoms with van der Waals surface area (Å²) in [6.45, 7) is 10.9. The van der Waals surface area contributed by atoms with Gasteiger partial charge in [0.15, 0.2) is 0 Å². The Morgan fingerprint density at radius 3 is 2.15 bits per heavy atom. The zero-order chi connectivity index (χ0) is 18.2. The van der Waals surface area contributed by atoms with Crippen LogP contribution in [0.3, 0.4) is 0 Å². The van der Waals surface area contributed by atoms with Gasteiger partial charge in [-0.3, -0.25) is 0 Å². The lowest BCUT2D eigenvalue weighted by Gasteiger charge is -2.34. The van der Waals surface area contributed by atoms with Crippen LogP contribution >= 0.6 is 0 Å². The van der Waals surface area contributed by atoms with Crippen molar-refractivity contribution in [2.75, 3.05) is 39.6 Å². The third-order valence-corrected chi connectivity index (χ3v) is 7.40. The molecule has 0 aliphatic carbocycles. The summed E-state index contributed by atoms with van der Waals surface area (Å²) >= 11 is 0. The van der Waals surface area contributed by atoms with Gasteiger partial charge in [0.25, 0.3) is 0 Å². The molecule has 0 aromatic heterocycles. The van der Waals surface area contributed by atoms with Crippen molar-refractivity contribution in [2.24, 2.45) is 35.5 Å². The highest BCUT2D eigenvalue weighted by atomic mass is 16.5. The fourth-order valence-electron chi connectivity index (χ4n) is 5.34. The van der Waals surface area contributed by atoms with Gasteiger partial charge in [0.1, 0.15) is 0 Å². The van der Waals surface area contributed by atoms with Gasteiger partial charge < -0.3 is 14.2 Å². The van der Waals surface area contributed by atoms with Crippen LogP contribution < -0.4 is 0 Å². The summed E-state index contributed by atoms with van der Waals surface area (Å²) in [5, 5.41) is 0. The lowest BCUT2D eigenvalue weighted by atomic mass is 9.75. The van der Waals surface area contributed by atoms with Gasteiger partial charge in [-0.15, -0.1) is 0 Å². The van der Waals surface area contributed by atoms with Crippen molar-refractivity contribution in [3.63, 3.8) is 0 Å². The van der Waals surface area contributed by atoms with E-state index in [1.807, 2.05) is 0 Å². The van der Waals surface area contributed by atoms with E-state index in [0.717, 1.165) is 75.1 Å². The highest BCUT2D eigenvalue weighted by molar-refractivity contribution is 4.78. The summed E-state index contributed by atoms with van der Waals surface area (Å²) < 4.78 is 16.7. The number of hydrogen-bond donors (Lipinski definition) is 0. The van der Waals surface area contributed by atoms with Gasteiger partial charge in [-0.05, 0) is 74.5 Å². The molecule has 26 heavy (non-hydrogen) atoms.